The Morgan fingerprint density at radius 2 is 2.12 bits per heavy atom. The molecule has 2 rings (SSSR count). The Hall–Kier alpha value is -1.81. The van der Waals surface area contributed by atoms with Crippen LogP contribution in [0.2, 0.25) is 0 Å². The van der Waals surface area contributed by atoms with Crippen molar-refractivity contribution in [2.24, 2.45) is 0 Å². The van der Waals surface area contributed by atoms with Gasteiger partial charge in [0.2, 0.25) is 0 Å². The minimum Gasteiger partial charge on any atom is -0.491 e. The van der Waals surface area contributed by atoms with Crippen LogP contribution >= 0.6 is 0 Å². The number of aryl methyl sites for hydroxylation is 1. The molecule has 1 aromatic heterocycles. The summed E-state index contributed by atoms with van der Waals surface area (Å²) in [6, 6.07) is 7.77. The van der Waals surface area contributed by atoms with Crippen LogP contribution in [0.4, 0.5) is 0 Å². The molecule has 1 aromatic carbocycles. The van der Waals surface area contributed by atoms with Gasteiger partial charge in [-0.25, -0.2) is 4.98 Å². The monoisotopic (exact) mass is 232 g/mol. The Labute approximate surface area is 100 Å². The maximum absolute atomic E-state index is 9.76. The molecule has 0 amide bonds. The Morgan fingerprint density at radius 1 is 1.35 bits per heavy atom. The van der Waals surface area contributed by atoms with E-state index in [4.69, 9.17) is 4.74 Å². The minimum atomic E-state index is -0.537. The van der Waals surface area contributed by atoms with Crippen molar-refractivity contribution < 1.29 is 9.84 Å². The molecule has 4 heteroatoms. The molecule has 2 aromatic rings. The highest BCUT2D eigenvalue weighted by Gasteiger charge is 2.05. The second kappa shape index (κ2) is 5.50. The number of rotatable bonds is 5. The first-order valence-corrected chi connectivity index (χ1v) is 5.57. The number of benzene rings is 1. The zero-order valence-corrected chi connectivity index (χ0v) is 9.78. The molecule has 0 spiro atoms. The van der Waals surface area contributed by atoms with Gasteiger partial charge in [-0.05, 0) is 19.1 Å². The van der Waals surface area contributed by atoms with Gasteiger partial charge in [-0.2, -0.15) is 0 Å². The third-order valence-electron chi connectivity index (χ3n) is 2.44. The summed E-state index contributed by atoms with van der Waals surface area (Å²) in [5.41, 5.74) is 1.19. The van der Waals surface area contributed by atoms with E-state index in [0.29, 0.717) is 6.54 Å². The van der Waals surface area contributed by atoms with E-state index in [1.165, 1.54) is 5.56 Å². The van der Waals surface area contributed by atoms with Crippen molar-refractivity contribution in [2.75, 3.05) is 6.61 Å². The predicted octanol–water partition coefficient (Wildman–Crippen LogP) is 1.63. The number of ether oxygens (including phenoxy) is 1. The van der Waals surface area contributed by atoms with E-state index in [1.54, 1.807) is 12.5 Å². The molecule has 1 atom stereocenters. The lowest BCUT2D eigenvalue weighted by Gasteiger charge is -2.12. The molecule has 0 saturated heterocycles. The second-order valence-corrected chi connectivity index (χ2v) is 4.04. The van der Waals surface area contributed by atoms with E-state index >= 15 is 0 Å². The number of imidazole rings is 1. The number of hydrogen-bond donors (Lipinski definition) is 1. The van der Waals surface area contributed by atoms with Crippen molar-refractivity contribution in [2.45, 2.75) is 19.6 Å². The van der Waals surface area contributed by atoms with Gasteiger partial charge in [-0.15, -0.1) is 0 Å². The van der Waals surface area contributed by atoms with Gasteiger partial charge < -0.3 is 14.4 Å². The molecule has 0 aliphatic carbocycles. The smallest absolute Gasteiger partial charge is 0.119 e. The lowest BCUT2D eigenvalue weighted by atomic mass is 10.2. The van der Waals surface area contributed by atoms with Gasteiger partial charge in [-0.3, -0.25) is 0 Å². The van der Waals surface area contributed by atoms with E-state index in [9.17, 15) is 5.11 Å². The summed E-state index contributed by atoms with van der Waals surface area (Å²) >= 11 is 0. The van der Waals surface area contributed by atoms with E-state index in [2.05, 4.69) is 4.98 Å². The summed E-state index contributed by atoms with van der Waals surface area (Å²) < 4.78 is 7.31. The van der Waals surface area contributed by atoms with E-state index in [-0.39, 0.29) is 6.61 Å². The first kappa shape index (κ1) is 11.7. The molecular formula is C13H16N2O2. The number of aliphatic hydroxyl groups excluding tert-OH is 1. The maximum atomic E-state index is 9.76. The lowest BCUT2D eigenvalue weighted by molar-refractivity contribution is 0.0925. The Kier molecular flexibility index (Phi) is 3.77. The molecule has 1 N–H and O–H groups in total. The van der Waals surface area contributed by atoms with Gasteiger partial charge in [0, 0.05) is 12.4 Å². The summed E-state index contributed by atoms with van der Waals surface area (Å²) in [6.45, 7) is 2.80. The highest BCUT2D eigenvalue weighted by molar-refractivity contribution is 5.26. The summed E-state index contributed by atoms with van der Waals surface area (Å²) in [4.78, 5) is 3.91. The normalized spacial score (nSPS) is 12.4. The van der Waals surface area contributed by atoms with Crippen molar-refractivity contribution >= 4 is 0 Å². The highest BCUT2D eigenvalue weighted by Crippen LogP contribution is 2.11. The van der Waals surface area contributed by atoms with Crippen LogP contribution in [0.5, 0.6) is 5.75 Å². The van der Waals surface area contributed by atoms with Crippen molar-refractivity contribution in [3.8, 4) is 5.75 Å². The van der Waals surface area contributed by atoms with Crippen molar-refractivity contribution in [1.82, 2.24) is 9.55 Å². The number of nitrogens with zero attached hydrogens (tertiary/aromatic N) is 2. The van der Waals surface area contributed by atoms with Crippen LogP contribution in [0.1, 0.15) is 5.56 Å². The molecule has 90 valence electrons. The fraction of sp³-hybridized carbons (Fsp3) is 0.308. The van der Waals surface area contributed by atoms with Crippen LogP contribution in [0.25, 0.3) is 0 Å². The first-order valence-electron chi connectivity index (χ1n) is 5.57. The zero-order chi connectivity index (χ0) is 12.1. The van der Waals surface area contributed by atoms with Crippen molar-refractivity contribution in [3.05, 3.63) is 48.5 Å². The van der Waals surface area contributed by atoms with Gasteiger partial charge in [0.1, 0.15) is 18.5 Å². The molecule has 0 bridgehead atoms. The maximum Gasteiger partial charge on any atom is 0.119 e. The van der Waals surface area contributed by atoms with Crippen LogP contribution in [0.15, 0.2) is 43.0 Å². The van der Waals surface area contributed by atoms with Gasteiger partial charge in [0.15, 0.2) is 0 Å². The largest absolute Gasteiger partial charge is 0.491 e. The molecular weight excluding hydrogens is 216 g/mol. The van der Waals surface area contributed by atoms with Crippen molar-refractivity contribution in [3.63, 3.8) is 0 Å². The average Bonchev–Trinajstić information content (AvgIpc) is 2.81. The summed E-state index contributed by atoms with van der Waals surface area (Å²) in [5.74, 6) is 0.778. The van der Waals surface area contributed by atoms with Gasteiger partial charge in [0.25, 0.3) is 0 Å². The third kappa shape index (κ3) is 3.60. The summed E-state index contributed by atoms with van der Waals surface area (Å²) in [6.07, 6.45) is 4.64. The Morgan fingerprint density at radius 3 is 2.76 bits per heavy atom. The Balaban J connectivity index is 1.79. The molecule has 0 aliphatic rings. The average molecular weight is 232 g/mol. The molecule has 0 radical (unpaired) electrons. The molecule has 0 fully saturated rings. The number of aliphatic hydroxyl groups is 1. The number of hydrogen-bond acceptors (Lipinski definition) is 3. The fourth-order valence-corrected chi connectivity index (χ4v) is 1.52. The third-order valence-corrected chi connectivity index (χ3v) is 2.44. The predicted molar refractivity (Wildman–Crippen MR) is 64.9 cm³/mol. The van der Waals surface area contributed by atoms with Crippen LogP contribution in [0, 0.1) is 6.92 Å². The number of aromatic nitrogens is 2. The lowest BCUT2D eigenvalue weighted by Crippen LogP contribution is -2.22. The van der Waals surface area contributed by atoms with Crippen LogP contribution in [-0.2, 0) is 6.54 Å². The highest BCUT2D eigenvalue weighted by atomic mass is 16.5. The first-order chi connectivity index (χ1) is 8.24. The Bertz CT molecular complexity index is 437. The quantitative estimate of drug-likeness (QED) is 0.852. The molecule has 4 nitrogen and oxygen atoms in total. The summed E-state index contributed by atoms with van der Waals surface area (Å²) in [7, 11) is 0. The molecule has 0 aliphatic heterocycles. The van der Waals surface area contributed by atoms with Crippen LogP contribution in [0.3, 0.4) is 0 Å². The fourth-order valence-electron chi connectivity index (χ4n) is 1.52. The SMILES string of the molecule is Cc1ccc(OC[C@@H](O)Cn2ccnc2)cc1. The van der Waals surface area contributed by atoms with Gasteiger partial charge >= 0.3 is 0 Å². The zero-order valence-electron chi connectivity index (χ0n) is 9.78. The molecule has 0 unspecified atom stereocenters. The molecule has 0 saturated carbocycles. The van der Waals surface area contributed by atoms with Crippen LogP contribution < -0.4 is 4.74 Å². The van der Waals surface area contributed by atoms with E-state index < -0.39 is 6.10 Å². The molecule has 17 heavy (non-hydrogen) atoms. The second-order valence-electron chi connectivity index (χ2n) is 4.04. The molecule has 1 heterocycles. The van der Waals surface area contributed by atoms with Gasteiger partial charge in [0.05, 0.1) is 12.9 Å². The van der Waals surface area contributed by atoms with Gasteiger partial charge in [-0.1, -0.05) is 17.7 Å². The van der Waals surface area contributed by atoms with E-state index in [0.717, 1.165) is 5.75 Å². The van der Waals surface area contributed by atoms with E-state index in [1.807, 2.05) is 42.0 Å². The summed E-state index contributed by atoms with van der Waals surface area (Å²) in [5, 5.41) is 9.76. The topological polar surface area (TPSA) is 47.3 Å². The van der Waals surface area contributed by atoms with Crippen LogP contribution in [-0.4, -0.2) is 27.4 Å². The minimum absolute atomic E-state index is 0.279. The van der Waals surface area contributed by atoms with Crippen molar-refractivity contribution in [1.29, 1.82) is 0 Å². The standard InChI is InChI=1S/C13H16N2O2/c1-11-2-4-13(5-3-11)17-9-12(16)8-15-7-6-14-10-15/h2-7,10,12,16H,8-9H2,1H3/t12-/m0/s1.